The molecule has 0 saturated heterocycles. The summed E-state index contributed by atoms with van der Waals surface area (Å²) in [7, 11) is 0. The minimum Gasteiger partial charge on any atom is -0.507 e. The van der Waals surface area contributed by atoms with Crippen LogP contribution in [0.25, 0.3) is 54.9 Å². The molecular weight excluding hydrogens is 737 g/mol. The summed E-state index contributed by atoms with van der Waals surface area (Å²) in [6.45, 7) is 0. The van der Waals surface area contributed by atoms with Gasteiger partial charge in [0, 0.05) is 54.9 Å². The van der Waals surface area contributed by atoms with E-state index in [1.807, 2.05) is 36.4 Å². The highest BCUT2D eigenvalue weighted by atomic mass is 16.5. The fourth-order valence-electron chi connectivity index (χ4n) is 10.5. The van der Waals surface area contributed by atoms with E-state index in [1.54, 1.807) is 12.1 Å². The van der Waals surface area contributed by atoms with Gasteiger partial charge in [-0.3, -0.25) is 0 Å². The third-order valence-corrected chi connectivity index (χ3v) is 13.2. The number of hydrogen-bond acceptors (Lipinski definition) is 4. The Hall–Kier alpha value is -7.82. The highest BCUT2D eigenvalue weighted by Gasteiger charge is 2.49. The standard InChI is InChI=1S/C56H34O4/c57-51-21-9-15-41-39(51)27-29-43-45(31-55(59-53(41)43)47-17-5-1-11-35(47)36-12-2-6-18-48(36)55)33-23-25-34(26-24-33)46-32-56(49-19-7-3-13-37(49)38-14-4-8-20-50(38)56)60-54-42-16-10-22-52(58)40(42)28-30-44(46)54/h1-32,57-58H. The van der Waals surface area contributed by atoms with Gasteiger partial charge in [-0.15, -0.1) is 0 Å². The van der Waals surface area contributed by atoms with Crippen molar-refractivity contribution in [1.82, 2.24) is 0 Å². The largest absolute Gasteiger partial charge is 0.507 e. The van der Waals surface area contributed by atoms with E-state index in [4.69, 9.17) is 9.47 Å². The lowest BCUT2D eigenvalue weighted by molar-refractivity contribution is 0.167. The van der Waals surface area contributed by atoms with Crippen molar-refractivity contribution < 1.29 is 19.7 Å². The fourth-order valence-corrected chi connectivity index (χ4v) is 10.5. The average molecular weight is 771 g/mol. The van der Waals surface area contributed by atoms with E-state index in [0.29, 0.717) is 0 Å². The minimum atomic E-state index is -0.891. The van der Waals surface area contributed by atoms with Crippen LogP contribution in [-0.4, -0.2) is 10.2 Å². The molecule has 0 saturated carbocycles. The Morgan fingerprint density at radius 2 is 0.650 bits per heavy atom. The zero-order valence-electron chi connectivity index (χ0n) is 32.2. The van der Waals surface area contributed by atoms with E-state index in [2.05, 4.69) is 146 Å². The highest BCUT2D eigenvalue weighted by molar-refractivity contribution is 6.03. The van der Waals surface area contributed by atoms with E-state index < -0.39 is 11.2 Å². The van der Waals surface area contributed by atoms with Crippen molar-refractivity contribution in [1.29, 1.82) is 0 Å². The van der Waals surface area contributed by atoms with E-state index >= 15 is 0 Å². The summed E-state index contributed by atoms with van der Waals surface area (Å²) in [6, 6.07) is 62.4. The van der Waals surface area contributed by atoms with Gasteiger partial charge in [0.2, 0.25) is 0 Å². The molecule has 2 aliphatic heterocycles. The van der Waals surface area contributed by atoms with E-state index in [-0.39, 0.29) is 11.5 Å². The number of ether oxygens (including phenoxy) is 2. The smallest absolute Gasteiger partial charge is 0.179 e. The maximum absolute atomic E-state index is 11.0. The maximum Gasteiger partial charge on any atom is 0.179 e. The van der Waals surface area contributed by atoms with Gasteiger partial charge < -0.3 is 19.7 Å². The normalized spacial score (nSPS) is 15.5. The second-order valence-corrected chi connectivity index (χ2v) is 16.2. The molecule has 0 aromatic heterocycles. The summed E-state index contributed by atoms with van der Waals surface area (Å²) >= 11 is 0. The van der Waals surface area contributed by atoms with Crippen LogP contribution in [0.4, 0.5) is 0 Å². The molecule has 2 N–H and O–H groups in total. The monoisotopic (exact) mass is 770 g/mol. The Morgan fingerprint density at radius 1 is 0.300 bits per heavy atom. The molecular formula is C56H34O4. The molecule has 13 rings (SSSR count). The summed E-state index contributed by atoms with van der Waals surface area (Å²) in [5.74, 6) is 1.93. The molecule has 0 fully saturated rings. The third-order valence-electron chi connectivity index (χ3n) is 13.2. The van der Waals surface area contributed by atoms with Gasteiger partial charge in [0.15, 0.2) is 11.2 Å². The summed E-state index contributed by atoms with van der Waals surface area (Å²) < 4.78 is 14.7. The first-order valence-corrected chi connectivity index (χ1v) is 20.4. The van der Waals surface area contributed by atoms with Crippen LogP contribution in [0.1, 0.15) is 44.5 Å². The van der Waals surface area contributed by atoms with Crippen molar-refractivity contribution in [3.05, 3.63) is 239 Å². The molecule has 2 heterocycles. The molecule has 0 atom stereocenters. The lowest BCUT2D eigenvalue weighted by Crippen LogP contribution is -2.33. The van der Waals surface area contributed by atoms with Crippen LogP contribution in [0, 0.1) is 0 Å². The number of hydrogen-bond donors (Lipinski definition) is 2. The van der Waals surface area contributed by atoms with Gasteiger partial charge in [0.25, 0.3) is 0 Å². The van der Waals surface area contributed by atoms with Gasteiger partial charge in [-0.05, 0) is 93.1 Å². The van der Waals surface area contributed by atoms with Gasteiger partial charge in [0.1, 0.15) is 23.0 Å². The molecule has 4 nitrogen and oxygen atoms in total. The molecule has 0 radical (unpaired) electrons. The van der Waals surface area contributed by atoms with Crippen molar-refractivity contribution in [2.45, 2.75) is 11.2 Å². The molecule has 282 valence electrons. The highest BCUT2D eigenvalue weighted by Crippen LogP contribution is 2.59. The Kier molecular flexibility index (Phi) is 6.57. The van der Waals surface area contributed by atoms with Gasteiger partial charge >= 0.3 is 0 Å². The molecule has 4 heteroatoms. The van der Waals surface area contributed by atoms with Gasteiger partial charge in [-0.1, -0.05) is 146 Å². The first-order chi connectivity index (χ1) is 29.5. The lowest BCUT2D eigenvalue weighted by atomic mass is 9.80. The minimum absolute atomic E-state index is 0.221. The van der Waals surface area contributed by atoms with Crippen molar-refractivity contribution in [2.24, 2.45) is 0 Å². The predicted molar refractivity (Wildman–Crippen MR) is 238 cm³/mol. The van der Waals surface area contributed by atoms with Crippen molar-refractivity contribution in [3.8, 4) is 45.3 Å². The van der Waals surface area contributed by atoms with Crippen molar-refractivity contribution >= 4 is 32.7 Å². The first-order valence-electron chi connectivity index (χ1n) is 20.4. The topological polar surface area (TPSA) is 58.9 Å². The molecule has 9 aromatic carbocycles. The molecule has 9 aromatic rings. The Balaban J connectivity index is 1.04. The third kappa shape index (κ3) is 4.29. The fraction of sp³-hybridized carbons (Fsp3) is 0.0357. The van der Waals surface area contributed by atoms with Crippen LogP contribution < -0.4 is 9.47 Å². The van der Waals surface area contributed by atoms with Gasteiger partial charge in [0.05, 0.1) is 0 Å². The van der Waals surface area contributed by atoms with E-state index in [0.717, 1.165) is 111 Å². The van der Waals surface area contributed by atoms with Crippen LogP contribution >= 0.6 is 0 Å². The summed E-state index contributed by atoms with van der Waals surface area (Å²) in [5, 5.41) is 25.2. The summed E-state index contributed by atoms with van der Waals surface area (Å²) in [4.78, 5) is 0. The summed E-state index contributed by atoms with van der Waals surface area (Å²) in [6.07, 6.45) is 4.60. The number of benzene rings is 9. The molecule has 0 unspecified atom stereocenters. The SMILES string of the molecule is Oc1cccc2c3c(ccc12)C(c1ccc(C2=CC4(Oc5c2ccc2c(O)cccc52)c2ccccc2-c2ccccc24)cc1)=CC1(O3)c2ccccc2-c2ccccc21. The Labute approximate surface area is 346 Å². The number of phenolic OH excluding ortho intramolecular Hbond substituents is 2. The second kappa shape index (κ2) is 11.9. The predicted octanol–water partition coefficient (Wildman–Crippen LogP) is 12.9. The molecule has 2 aliphatic carbocycles. The molecule has 0 amide bonds. The van der Waals surface area contributed by atoms with Crippen LogP contribution in [0.5, 0.6) is 23.0 Å². The average Bonchev–Trinajstić information content (AvgIpc) is 3.72. The molecule has 0 bridgehead atoms. The van der Waals surface area contributed by atoms with E-state index in [9.17, 15) is 10.2 Å². The maximum atomic E-state index is 11.0. The number of aromatic hydroxyl groups is 2. The first kappa shape index (κ1) is 33.2. The Bertz CT molecular complexity index is 3090. The number of fused-ring (bicyclic) bond motifs is 16. The zero-order chi connectivity index (χ0) is 39.7. The number of rotatable bonds is 2. The molecule has 4 aliphatic rings. The Morgan fingerprint density at radius 3 is 1.02 bits per heavy atom. The van der Waals surface area contributed by atoms with E-state index in [1.165, 1.54) is 0 Å². The number of phenols is 2. The van der Waals surface area contributed by atoms with Crippen molar-refractivity contribution in [3.63, 3.8) is 0 Å². The lowest BCUT2D eigenvalue weighted by Gasteiger charge is -2.37. The zero-order valence-corrected chi connectivity index (χ0v) is 32.2. The molecule has 60 heavy (non-hydrogen) atoms. The van der Waals surface area contributed by atoms with Crippen LogP contribution in [0.3, 0.4) is 0 Å². The quantitative estimate of drug-likeness (QED) is 0.184. The molecule has 2 spiro atoms. The van der Waals surface area contributed by atoms with Crippen LogP contribution in [0.2, 0.25) is 0 Å². The second-order valence-electron chi connectivity index (χ2n) is 16.2. The van der Waals surface area contributed by atoms with Crippen LogP contribution in [0.15, 0.2) is 194 Å². The van der Waals surface area contributed by atoms with Crippen molar-refractivity contribution in [2.75, 3.05) is 0 Å². The van der Waals surface area contributed by atoms with Crippen LogP contribution in [-0.2, 0) is 11.2 Å². The van der Waals surface area contributed by atoms with Gasteiger partial charge in [-0.2, -0.15) is 0 Å². The summed E-state index contributed by atoms with van der Waals surface area (Å²) in [5.41, 5.74) is 13.3. The van der Waals surface area contributed by atoms with Gasteiger partial charge in [-0.25, -0.2) is 0 Å².